The standard InChI is InChI=1S/C28H40N4/c1-4-31(5-2)22(3)23-13-15-24(16-14-23)28(32-19-17-29-18-20-32)25-9-8-12-27(21-25)30-26-10-6-7-11-26/h8-9,12-16,21,26,28-30H,3-7,10-11,17-20H2,1-2H3/t28-/m1/s1. The minimum atomic E-state index is 0.276. The van der Waals surface area contributed by atoms with Crippen molar-refractivity contribution in [2.24, 2.45) is 0 Å². The van der Waals surface area contributed by atoms with E-state index in [9.17, 15) is 0 Å². The van der Waals surface area contributed by atoms with Crippen molar-refractivity contribution in [3.8, 4) is 0 Å². The molecule has 1 atom stereocenters. The molecule has 0 aromatic heterocycles. The minimum absolute atomic E-state index is 0.276. The average Bonchev–Trinajstić information content (AvgIpc) is 3.34. The zero-order valence-corrected chi connectivity index (χ0v) is 19.9. The van der Waals surface area contributed by atoms with Gasteiger partial charge in [0.05, 0.1) is 6.04 Å². The Morgan fingerprint density at radius 2 is 1.72 bits per heavy atom. The monoisotopic (exact) mass is 432 g/mol. The molecular weight excluding hydrogens is 392 g/mol. The molecule has 1 aliphatic heterocycles. The first-order valence-electron chi connectivity index (χ1n) is 12.5. The summed E-state index contributed by atoms with van der Waals surface area (Å²) in [6, 6.07) is 19.2. The molecule has 32 heavy (non-hydrogen) atoms. The van der Waals surface area contributed by atoms with Crippen LogP contribution in [0, 0.1) is 0 Å². The third-order valence-corrected chi connectivity index (χ3v) is 7.15. The third-order valence-electron chi connectivity index (χ3n) is 7.15. The van der Waals surface area contributed by atoms with Crippen molar-refractivity contribution in [1.82, 2.24) is 15.1 Å². The van der Waals surface area contributed by atoms with E-state index in [0.717, 1.165) is 45.0 Å². The summed E-state index contributed by atoms with van der Waals surface area (Å²) in [4.78, 5) is 4.94. The van der Waals surface area contributed by atoms with Gasteiger partial charge in [0.2, 0.25) is 0 Å². The summed E-state index contributed by atoms with van der Waals surface area (Å²) < 4.78 is 0. The van der Waals surface area contributed by atoms with Crippen LogP contribution in [0.1, 0.15) is 62.3 Å². The van der Waals surface area contributed by atoms with Gasteiger partial charge in [-0.3, -0.25) is 4.90 Å². The van der Waals surface area contributed by atoms with E-state index in [0.29, 0.717) is 6.04 Å². The van der Waals surface area contributed by atoms with Gasteiger partial charge in [0.15, 0.2) is 0 Å². The van der Waals surface area contributed by atoms with Crippen LogP contribution in [0.4, 0.5) is 5.69 Å². The molecule has 172 valence electrons. The van der Waals surface area contributed by atoms with Crippen LogP contribution in [0.25, 0.3) is 5.70 Å². The van der Waals surface area contributed by atoms with Crippen LogP contribution in [0.5, 0.6) is 0 Å². The molecule has 4 nitrogen and oxygen atoms in total. The molecule has 2 aliphatic rings. The highest BCUT2D eigenvalue weighted by Gasteiger charge is 2.25. The summed E-state index contributed by atoms with van der Waals surface area (Å²) in [5, 5.41) is 7.30. The van der Waals surface area contributed by atoms with Gasteiger partial charge in [-0.2, -0.15) is 0 Å². The van der Waals surface area contributed by atoms with Crippen LogP contribution in [0.2, 0.25) is 0 Å². The third kappa shape index (κ3) is 5.36. The first-order chi connectivity index (χ1) is 15.7. The zero-order valence-electron chi connectivity index (χ0n) is 19.9. The van der Waals surface area contributed by atoms with Crippen LogP contribution >= 0.6 is 0 Å². The largest absolute Gasteiger partial charge is 0.382 e. The van der Waals surface area contributed by atoms with Crippen molar-refractivity contribution in [3.63, 3.8) is 0 Å². The van der Waals surface area contributed by atoms with Crippen molar-refractivity contribution in [3.05, 3.63) is 71.8 Å². The molecule has 4 heteroatoms. The Morgan fingerprint density at radius 1 is 1.03 bits per heavy atom. The average molecular weight is 433 g/mol. The van der Waals surface area contributed by atoms with E-state index in [1.807, 2.05) is 0 Å². The van der Waals surface area contributed by atoms with E-state index in [1.165, 1.54) is 48.1 Å². The first-order valence-corrected chi connectivity index (χ1v) is 12.5. The highest BCUT2D eigenvalue weighted by molar-refractivity contribution is 5.62. The molecule has 0 bridgehead atoms. The minimum Gasteiger partial charge on any atom is -0.382 e. The topological polar surface area (TPSA) is 30.5 Å². The molecule has 1 heterocycles. The van der Waals surface area contributed by atoms with Gasteiger partial charge in [-0.05, 0) is 55.5 Å². The SMILES string of the molecule is C=C(c1ccc([C@H](c2cccc(NC3CCCC3)c2)N2CCNCC2)cc1)N(CC)CC. The van der Waals surface area contributed by atoms with Crippen molar-refractivity contribution in [2.45, 2.75) is 51.6 Å². The second kappa shape index (κ2) is 11.0. The molecule has 1 saturated carbocycles. The van der Waals surface area contributed by atoms with Gasteiger partial charge < -0.3 is 15.5 Å². The van der Waals surface area contributed by atoms with Crippen LogP contribution in [-0.2, 0) is 0 Å². The lowest BCUT2D eigenvalue weighted by molar-refractivity contribution is 0.198. The number of anilines is 1. The quantitative estimate of drug-likeness (QED) is 0.559. The predicted molar refractivity (Wildman–Crippen MR) is 137 cm³/mol. The Bertz CT molecular complexity index is 859. The number of benzene rings is 2. The van der Waals surface area contributed by atoms with Crippen LogP contribution in [0.3, 0.4) is 0 Å². The van der Waals surface area contributed by atoms with Gasteiger partial charge in [-0.15, -0.1) is 0 Å². The van der Waals surface area contributed by atoms with Gasteiger partial charge in [0.25, 0.3) is 0 Å². The molecule has 0 radical (unpaired) electrons. The maximum Gasteiger partial charge on any atom is 0.0603 e. The van der Waals surface area contributed by atoms with E-state index >= 15 is 0 Å². The lowest BCUT2D eigenvalue weighted by Crippen LogP contribution is -2.45. The smallest absolute Gasteiger partial charge is 0.0603 e. The Balaban J connectivity index is 1.60. The maximum atomic E-state index is 4.35. The summed E-state index contributed by atoms with van der Waals surface area (Å²) in [6.07, 6.45) is 5.30. The fraction of sp³-hybridized carbons (Fsp3) is 0.500. The van der Waals surface area contributed by atoms with Gasteiger partial charge in [0.1, 0.15) is 0 Å². The van der Waals surface area contributed by atoms with Gasteiger partial charge in [-0.25, -0.2) is 0 Å². The van der Waals surface area contributed by atoms with Crippen molar-refractivity contribution in [1.29, 1.82) is 0 Å². The zero-order chi connectivity index (χ0) is 22.3. The molecule has 1 saturated heterocycles. The second-order valence-corrected chi connectivity index (χ2v) is 9.18. The number of hydrogen-bond donors (Lipinski definition) is 2. The van der Waals surface area contributed by atoms with Gasteiger partial charge >= 0.3 is 0 Å². The Morgan fingerprint density at radius 3 is 2.38 bits per heavy atom. The molecule has 2 aromatic rings. The summed E-state index contributed by atoms with van der Waals surface area (Å²) >= 11 is 0. The fourth-order valence-electron chi connectivity index (χ4n) is 5.30. The Hall–Kier alpha value is -2.30. The molecule has 0 amide bonds. The van der Waals surface area contributed by atoms with Gasteiger partial charge in [0, 0.05) is 56.7 Å². The predicted octanol–water partition coefficient (Wildman–Crippen LogP) is 5.35. The van der Waals surface area contributed by atoms with E-state index in [1.54, 1.807) is 0 Å². The highest BCUT2D eigenvalue weighted by atomic mass is 15.2. The van der Waals surface area contributed by atoms with Crippen molar-refractivity contribution >= 4 is 11.4 Å². The normalized spacial score (nSPS) is 18.4. The molecule has 2 fully saturated rings. The van der Waals surface area contributed by atoms with E-state index in [-0.39, 0.29) is 6.04 Å². The number of piperazine rings is 1. The van der Waals surface area contributed by atoms with E-state index in [4.69, 9.17) is 0 Å². The molecule has 2 aromatic carbocycles. The molecule has 0 spiro atoms. The summed E-state index contributed by atoms with van der Waals surface area (Å²) in [5.41, 5.74) is 6.34. The second-order valence-electron chi connectivity index (χ2n) is 9.18. The molecular formula is C28H40N4. The van der Waals surface area contributed by atoms with Crippen molar-refractivity contribution in [2.75, 3.05) is 44.6 Å². The number of nitrogens with zero attached hydrogens (tertiary/aromatic N) is 2. The molecule has 0 unspecified atom stereocenters. The maximum absolute atomic E-state index is 4.35. The fourth-order valence-corrected chi connectivity index (χ4v) is 5.30. The Labute approximate surface area is 194 Å². The van der Waals surface area contributed by atoms with E-state index in [2.05, 4.69) is 89.4 Å². The molecule has 2 N–H and O–H groups in total. The first kappa shape index (κ1) is 22.9. The molecule has 1 aliphatic carbocycles. The summed E-state index contributed by atoms with van der Waals surface area (Å²) in [7, 11) is 0. The van der Waals surface area contributed by atoms with Gasteiger partial charge in [-0.1, -0.05) is 55.8 Å². The number of rotatable bonds is 9. The van der Waals surface area contributed by atoms with Crippen LogP contribution in [0.15, 0.2) is 55.1 Å². The number of nitrogens with one attached hydrogen (secondary N) is 2. The van der Waals surface area contributed by atoms with Crippen LogP contribution < -0.4 is 10.6 Å². The Kier molecular flexibility index (Phi) is 7.88. The lowest BCUT2D eigenvalue weighted by Gasteiger charge is -2.36. The number of hydrogen-bond acceptors (Lipinski definition) is 4. The van der Waals surface area contributed by atoms with Crippen molar-refractivity contribution < 1.29 is 0 Å². The lowest BCUT2D eigenvalue weighted by atomic mass is 9.94. The summed E-state index contributed by atoms with van der Waals surface area (Å²) in [5.74, 6) is 0. The van der Waals surface area contributed by atoms with E-state index < -0.39 is 0 Å². The highest BCUT2D eigenvalue weighted by Crippen LogP contribution is 2.32. The molecule has 4 rings (SSSR count). The summed E-state index contributed by atoms with van der Waals surface area (Å²) in [6.45, 7) is 14.9. The van der Waals surface area contributed by atoms with Crippen LogP contribution in [-0.4, -0.2) is 55.1 Å².